The van der Waals surface area contributed by atoms with Crippen molar-refractivity contribution in [1.29, 1.82) is 0 Å². The van der Waals surface area contributed by atoms with Gasteiger partial charge in [0, 0.05) is 44.8 Å². The Morgan fingerprint density at radius 3 is 2.45 bits per heavy atom. The lowest BCUT2D eigenvalue weighted by molar-refractivity contribution is -0.139. The van der Waals surface area contributed by atoms with Crippen molar-refractivity contribution < 1.29 is 9.59 Å². The van der Waals surface area contributed by atoms with E-state index < -0.39 is 0 Å². The molecule has 2 amide bonds. The Bertz CT molecular complexity index is 863. The second kappa shape index (κ2) is 8.05. The minimum absolute atomic E-state index is 0.131. The minimum Gasteiger partial charge on any atom is -0.341 e. The molecule has 2 aliphatic rings. The zero-order valence-electron chi connectivity index (χ0n) is 17.5. The molecule has 5 heteroatoms. The van der Waals surface area contributed by atoms with Crippen molar-refractivity contribution in [3.05, 3.63) is 59.9 Å². The number of carbonyl (C=O) groups is 2. The first-order valence-electron chi connectivity index (χ1n) is 10.8. The number of aromatic nitrogens is 1. The van der Waals surface area contributed by atoms with Crippen LogP contribution in [0.2, 0.25) is 0 Å². The third-order valence-electron chi connectivity index (χ3n) is 6.63. The molecule has 0 radical (unpaired) electrons. The topological polar surface area (TPSA) is 45.6 Å². The molecule has 1 aromatic heterocycles. The third-order valence-corrected chi connectivity index (χ3v) is 6.63. The molecule has 1 aromatic carbocycles. The Labute approximate surface area is 173 Å². The molecule has 0 saturated carbocycles. The second-order valence-electron chi connectivity index (χ2n) is 8.92. The van der Waals surface area contributed by atoms with Gasteiger partial charge in [-0.15, -0.1) is 0 Å². The second-order valence-corrected chi connectivity index (χ2v) is 8.92. The van der Waals surface area contributed by atoms with Crippen LogP contribution in [-0.2, 0) is 11.3 Å². The Morgan fingerprint density at radius 2 is 1.76 bits per heavy atom. The molecule has 5 nitrogen and oxygen atoms in total. The molecule has 154 valence electrons. The van der Waals surface area contributed by atoms with Gasteiger partial charge in [-0.3, -0.25) is 9.59 Å². The molecule has 0 unspecified atom stereocenters. The Kier molecular flexibility index (Phi) is 5.48. The van der Waals surface area contributed by atoms with Crippen LogP contribution >= 0.6 is 0 Å². The van der Waals surface area contributed by atoms with E-state index in [0.717, 1.165) is 44.6 Å². The van der Waals surface area contributed by atoms with Crippen molar-refractivity contribution >= 4 is 11.8 Å². The maximum atomic E-state index is 13.1. The fraction of sp³-hybridized carbons (Fsp3) is 0.500. The summed E-state index contributed by atoms with van der Waals surface area (Å²) in [6.07, 6.45) is 5.50. The molecule has 0 bridgehead atoms. The van der Waals surface area contributed by atoms with Crippen molar-refractivity contribution in [3.8, 4) is 0 Å². The van der Waals surface area contributed by atoms with E-state index in [1.807, 2.05) is 50.9 Å². The molecule has 2 saturated heterocycles. The number of likely N-dealkylation sites (tertiary alicyclic amines) is 2. The quantitative estimate of drug-likeness (QED) is 0.785. The van der Waals surface area contributed by atoms with E-state index in [9.17, 15) is 9.59 Å². The molecule has 4 rings (SSSR count). The van der Waals surface area contributed by atoms with E-state index >= 15 is 0 Å². The van der Waals surface area contributed by atoms with E-state index in [-0.39, 0.29) is 23.3 Å². The molecule has 1 spiro atoms. The van der Waals surface area contributed by atoms with E-state index in [0.29, 0.717) is 13.0 Å². The van der Waals surface area contributed by atoms with E-state index in [1.54, 1.807) is 0 Å². The predicted octanol–water partition coefficient (Wildman–Crippen LogP) is 4.11. The molecular formula is C24H31N3O2. The maximum absolute atomic E-state index is 13.1. The first-order valence-corrected chi connectivity index (χ1v) is 10.8. The van der Waals surface area contributed by atoms with Gasteiger partial charge in [-0.2, -0.15) is 0 Å². The number of piperidine rings is 2. The van der Waals surface area contributed by atoms with Crippen LogP contribution in [0.5, 0.6) is 0 Å². The summed E-state index contributed by atoms with van der Waals surface area (Å²) in [7, 11) is 0. The SMILES string of the molecule is CC(C)n1cccc1C(=O)N1CCC2(CCC(=O)N(Cc3ccccc3)C2)CC1. The first kappa shape index (κ1) is 19.7. The normalized spacial score (nSPS) is 19.2. The largest absolute Gasteiger partial charge is 0.341 e. The smallest absolute Gasteiger partial charge is 0.270 e. The van der Waals surface area contributed by atoms with Crippen LogP contribution in [0.15, 0.2) is 48.7 Å². The Hall–Kier alpha value is -2.56. The number of hydrogen-bond donors (Lipinski definition) is 0. The molecule has 0 N–H and O–H groups in total. The van der Waals surface area contributed by atoms with Crippen molar-refractivity contribution in [3.63, 3.8) is 0 Å². The molecule has 2 fully saturated rings. The molecule has 29 heavy (non-hydrogen) atoms. The van der Waals surface area contributed by atoms with Gasteiger partial charge in [0.2, 0.25) is 5.91 Å². The fourth-order valence-corrected chi connectivity index (χ4v) is 4.83. The van der Waals surface area contributed by atoms with Crippen LogP contribution in [0.4, 0.5) is 0 Å². The number of carbonyl (C=O) groups excluding carboxylic acids is 2. The fourth-order valence-electron chi connectivity index (χ4n) is 4.83. The summed E-state index contributed by atoms with van der Waals surface area (Å²) in [6.45, 7) is 7.24. The highest BCUT2D eigenvalue weighted by atomic mass is 16.2. The molecule has 0 aliphatic carbocycles. The standard InChI is InChI=1S/C24H31N3O2/c1-19(2)27-14-6-9-21(27)23(29)25-15-12-24(13-16-25)11-10-22(28)26(18-24)17-20-7-4-3-5-8-20/h3-9,14,19H,10-13,15-18H2,1-2H3. The van der Waals surface area contributed by atoms with Crippen LogP contribution in [0.1, 0.15) is 61.6 Å². The van der Waals surface area contributed by atoms with Crippen LogP contribution in [0.25, 0.3) is 0 Å². The van der Waals surface area contributed by atoms with Gasteiger partial charge in [0.1, 0.15) is 5.69 Å². The molecular weight excluding hydrogens is 362 g/mol. The summed E-state index contributed by atoms with van der Waals surface area (Å²) in [4.78, 5) is 29.6. The van der Waals surface area contributed by atoms with Crippen LogP contribution < -0.4 is 0 Å². The summed E-state index contributed by atoms with van der Waals surface area (Å²) in [5.41, 5.74) is 2.11. The maximum Gasteiger partial charge on any atom is 0.270 e. The van der Waals surface area contributed by atoms with Gasteiger partial charge in [0.25, 0.3) is 5.91 Å². The van der Waals surface area contributed by atoms with Crippen LogP contribution in [0.3, 0.4) is 0 Å². The summed E-state index contributed by atoms with van der Waals surface area (Å²) < 4.78 is 2.05. The van der Waals surface area contributed by atoms with Gasteiger partial charge in [0.15, 0.2) is 0 Å². The lowest BCUT2D eigenvalue weighted by atomic mass is 9.72. The number of rotatable bonds is 4. The van der Waals surface area contributed by atoms with Crippen molar-refractivity contribution in [2.45, 2.75) is 52.1 Å². The van der Waals surface area contributed by atoms with Gasteiger partial charge in [-0.1, -0.05) is 30.3 Å². The Morgan fingerprint density at radius 1 is 1.03 bits per heavy atom. The molecule has 0 atom stereocenters. The average Bonchev–Trinajstić information content (AvgIpc) is 3.22. The van der Waals surface area contributed by atoms with Crippen LogP contribution in [-0.4, -0.2) is 45.8 Å². The van der Waals surface area contributed by atoms with Gasteiger partial charge >= 0.3 is 0 Å². The summed E-state index contributed by atoms with van der Waals surface area (Å²) in [6, 6.07) is 14.4. The average molecular weight is 394 g/mol. The van der Waals surface area contributed by atoms with E-state index in [2.05, 4.69) is 26.0 Å². The highest BCUT2D eigenvalue weighted by molar-refractivity contribution is 5.93. The number of benzene rings is 1. The summed E-state index contributed by atoms with van der Waals surface area (Å²) in [5, 5.41) is 0. The van der Waals surface area contributed by atoms with E-state index in [4.69, 9.17) is 0 Å². The van der Waals surface area contributed by atoms with Crippen molar-refractivity contribution in [2.75, 3.05) is 19.6 Å². The van der Waals surface area contributed by atoms with Crippen molar-refractivity contribution in [2.24, 2.45) is 5.41 Å². The lowest BCUT2D eigenvalue weighted by Crippen LogP contribution is -2.52. The molecule has 2 aliphatic heterocycles. The zero-order valence-corrected chi connectivity index (χ0v) is 17.5. The van der Waals surface area contributed by atoms with Gasteiger partial charge in [0.05, 0.1) is 0 Å². The minimum atomic E-state index is 0.131. The molecule has 3 heterocycles. The monoisotopic (exact) mass is 393 g/mol. The third kappa shape index (κ3) is 4.09. The number of hydrogen-bond acceptors (Lipinski definition) is 2. The summed E-state index contributed by atoms with van der Waals surface area (Å²) in [5.74, 6) is 0.388. The van der Waals surface area contributed by atoms with Gasteiger partial charge < -0.3 is 14.4 Å². The lowest BCUT2D eigenvalue weighted by Gasteiger charge is -2.47. The van der Waals surface area contributed by atoms with Crippen LogP contribution in [0, 0.1) is 5.41 Å². The van der Waals surface area contributed by atoms with Gasteiger partial charge in [-0.05, 0) is 56.2 Å². The highest BCUT2D eigenvalue weighted by Gasteiger charge is 2.42. The van der Waals surface area contributed by atoms with E-state index in [1.165, 1.54) is 5.56 Å². The van der Waals surface area contributed by atoms with Gasteiger partial charge in [-0.25, -0.2) is 0 Å². The molecule has 2 aromatic rings. The number of nitrogens with zero attached hydrogens (tertiary/aromatic N) is 3. The number of amides is 2. The highest BCUT2D eigenvalue weighted by Crippen LogP contribution is 2.41. The van der Waals surface area contributed by atoms with Crippen molar-refractivity contribution in [1.82, 2.24) is 14.4 Å². The summed E-state index contributed by atoms with van der Waals surface area (Å²) >= 11 is 0. The first-order chi connectivity index (χ1) is 14.0. The predicted molar refractivity (Wildman–Crippen MR) is 113 cm³/mol. The zero-order chi connectivity index (χ0) is 20.4. The Balaban J connectivity index is 1.41.